The molecule has 5 heteroatoms. The van der Waals surface area contributed by atoms with Gasteiger partial charge in [0.15, 0.2) is 0 Å². The summed E-state index contributed by atoms with van der Waals surface area (Å²) in [6, 6.07) is 16.8. The summed E-state index contributed by atoms with van der Waals surface area (Å²) in [7, 11) is 0. The highest BCUT2D eigenvalue weighted by Gasteiger charge is 2.45. The summed E-state index contributed by atoms with van der Waals surface area (Å²) in [5, 5.41) is 2.46. The Morgan fingerprint density at radius 2 is 1.79 bits per heavy atom. The first kappa shape index (κ1) is 18.9. The van der Waals surface area contributed by atoms with E-state index in [-0.39, 0.29) is 0 Å². The standard InChI is InChI=1S/C23H22ClFN2O/c24-21-20(6-3-11-23(21,25)22(26)28)16-9-7-15(8-10-16)14-27-19-12-17-4-1-2-5-18(17)13-19/h1-11,19,21,27H,12-14H2,(H2,26,28). The van der Waals surface area contributed by atoms with Crippen molar-refractivity contribution in [3.05, 3.63) is 89.0 Å². The second-order valence-corrected chi connectivity index (χ2v) is 7.86. The van der Waals surface area contributed by atoms with Crippen molar-refractivity contribution in [1.82, 2.24) is 5.32 Å². The monoisotopic (exact) mass is 396 g/mol. The van der Waals surface area contributed by atoms with Gasteiger partial charge in [0, 0.05) is 12.6 Å². The smallest absolute Gasteiger partial charge is 0.261 e. The summed E-state index contributed by atoms with van der Waals surface area (Å²) < 4.78 is 14.8. The lowest BCUT2D eigenvalue weighted by atomic mass is 9.86. The predicted molar refractivity (Wildman–Crippen MR) is 111 cm³/mol. The van der Waals surface area contributed by atoms with Gasteiger partial charge in [0.2, 0.25) is 5.67 Å². The van der Waals surface area contributed by atoms with Crippen LogP contribution in [0, 0.1) is 0 Å². The molecule has 2 aromatic rings. The fourth-order valence-corrected chi connectivity index (χ4v) is 4.30. The van der Waals surface area contributed by atoms with Crippen molar-refractivity contribution in [2.75, 3.05) is 0 Å². The van der Waals surface area contributed by atoms with Crippen molar-refractivity contribution >= 4 is 23.1 Å². The van der Waals surface area contributed by atoms with Gasteiger partial charge < -0.3 is 11.1 Å². The zero-order valence-electron chi connectivity index (χ0n) is 15.4. The van der Waals surface area contributed by atoms with E-state index in [1.807, 2.05) is 24.3 Å². The van der Waals surface area contributed by atoms with Crippen molar-refractivity contribution < 1.29 is 9.18 Å². The topological polar surface area (TPSA) is 55.1 Å². The zero-order valence-corrected chi connectivity index (χ0v) is 16.1. The van der Waals surface area contributed by atoms with Gasteiger partial charge in [0.1, 0.15) is 5.38 Å². The number of fused-ring (bicyclic) bond motifs is 1. The molecule has 0 bridgehead atoms. The highest BCUT2D eigenvalue weighted by atomic mass is 35.5. The SMILES string of the molecule is NC(=O)C1(F)C=CC=C(c2ccc(CNC3Cc4ccccc4C3)cc2)C1Cl. The van der Waals surface area contributed by atoms with Gasteiger partial charge in [-0.25, -0.2) is 4.39 Å². The molecule has 0 fully saturated rings. The first-order chi connectivity index (χ1) is 13.5. The van der Waals surface area contributed by atoms with Crippen molar-refractivity contribution in [2.24, 2.45) is 5.73 Å². The zero-order chi connectivity index (χ0) is 19.7. The molecule has 3 nitrogen and oxygen atoms in total. The van der Waals surface area contributed by atoms with E-state index in [0.29, 0.717) is 11.6 Å². The molecule has 0 aliphatic heterocycles. The van der Waals surface area contributed by atoms with Crippen LogP contribution in [0.25, 0.3) is 5.57 Å². The summed E-state index contributed by atoms with van der Waals surface area (Å²) in [6.07, 6.45) is 6.43. The van der Waals surface area contributed by atoms with Gasteiger partial charge in [0.25, 0.3) is 5.91 Å². The summed E-state index contributed by atoms with van der Waals surface area (Å²) in [5.41, 5.74) is 8.15. The highest BCUT2D eigenvalue weighted by molar-refractivity contribution is 6.30. The molecule has 2 atom stereocenters. The fourth-order valence-electron chi connectivity index (χ4n) is 3.92. The van der Waals surface area contributed by atoms with Crippen LogP contribution >= 0.6 is 11.6 Å². The summed E-state index contributed by atoms with van der Waals surface area (Å²) in [5.74, 6) is -1.08. The summed E-state index contributed by atoms with van der Waals surface area (Å²) in [4.78, 5) is 11.5. The number of carbonyl (C=O) groups is 1. The van der Waals surface area contributed by atoms with E-state index in [9.17, 15) is 9.18 Å². The summed E-state index contributed by atoms with van der Waals surface area (Å²) in [6.45, 7) is 0.760. The Hall–Kier alpha value is -2.43. The maximum absolute atomic E-state index is 14.8. The number of hydrogen-bond donors (Lipinski definition) is 2. The normalized spacial score (nSPS) is 24.1. The number of benzene rings is 2. The lowest BCUT2D eigenvalue weighted by molar-refractivity contribution is -0.126. The van der Waals surface area contributed by atoms with Crippen LogP contribution in [0.4, 0.5) is 4.39 Å². The molecule has 0 saturated heterocycles. The number of rotatable bonds is 5. The highest BCUT2D eigenvalue weighted by Crippen LogP contribution is 2.37. The minimum Gasteiger partial charge on any atom is -0.367 e. The minimum absolute atomic E-state index is 0.443. The van der Waals surface area contributed by atoms with Crippen LogP contribution < -0.4 is 11.1 Å². The van der Waals surface area contributed by atoms with Gasteiger partial charge in [-0.3, -0.25) is 4.79 Å². The van der Waals surface area contributed by atoms with Crippen LogP contribution in [0.15, 0.2) is 66.8 Å². The van der Waals surface area contributed by atoms with E-state index in [0.717, 1.165) is 36.6 Å². The van der Waals surface area contributed by atoms with Gasteiger partial charge in [-0.05, 0) is 46.7 Å². The molecule has 144 valence electrons. The third-order valence-corrected chi connectivity index (χ3v) is 6.12. The minimum atomic E-state index is -2.37. The second kappa shape index (κ2) is 7.53. The third-order valence-electron chi connectivity index (χ3n) is 5.57. The van der Waals surface area contributed by atoms with E-state index in [2.05, 4.69) is 29.6 Å². The van der Waals surface area contributed by atoms with E-state index in [4.69, 9.17) is 17.3 Å². The number of nitrogens with two attached hydrogens (primary N) is 1. The van der Waals surface area contributed by atoms with Crippen LogP contribution in [0.2, 0.25) is 0 Å². The molecule has 3 N–H and O–H groups in total. The number of hydrogen-bond acceptors (Lipinski definition) is 2. The van der Waals surface area contributed by atoms with Gasteiger partial charge in [-0.15, -0.1) is 11.6 Å². The first-order valence-electron chi connectivity index (χ1n) is 9.39. The van der Waals surface area contributed by atoms with Gasteiger partial charge in [-0.2, -0.15) is 0 Å². The van der Waals surface area contributed by atoms with E-state index in [1.165, 1.54) is 17.2 Å². The van der Waals surface area contributed by atoms with Crippen molar-refractivity contribution in [3.8, 4) is 0 Å². The molecule has 2 aromatic carbocycles. The fraction of sp³-hybridized carbons (Fsp3) is 0.261. The average molecular weight is 397 g/mol. The second-order valence-electron chi connectivity index (χ2n) is 7.43. The average Bonchev–Trinajstić information content (AvgIpc) is 3.12. The number of primary amides is 1. The first-order valence-corrected chi connectivity index (χ1v) is 9.83. The maximum atomic E-state index is 14.8. The molecule has 0 heterocycles. The van der Waals surface area contributed by atoms with E-state index >= 15 is 0 Å². The number of halogens is 2. The molecule has 2 aliphatic rings. The van der Waals surface area contributed by atoms with E-state index < -0.39 is 17.0 Å². The number of carbonyl (C=O) groups excluding carboxylic acids is 1. The van der Waals surface area contributed by atoms with Crippen molar-refractivity contribution in [1.29, 1.82) is 0 Å². The van der Waals surface area contributed by atoms with Crippen LogP contribution in [0.5, 0.6) is 0 Å². The maximum Gasteiger partial charge on any atom is 0.261 e. The van der Waals surface area contributed by atoms with Gasteiger partial charge in [-0.1, -0.05) is 60.7 Å². The lowest BCUT2D eigenvalue weighted by Crippen LogP contribution is -2.46. The molecule has 2 unspecified atom stereocenters. The van der Waals surface area contributed by atoms with Crippen LogP contribution in [-0.4, -0.2) is 23.0 Å². The van der Waals surface area contributed by atoms with Gasteiger partial charge >= 0.3 is 0 Å². The summed E-state index contributed by atoms with van der Waals surface area (Å²) >= 11 is 6.24. The molecular weight excluding hydrogens is 375 g/mol. The Balaban J connectivity index is 1.40. The third kappa shape index (κ3) is 3.50. The molecule has 0 radical (unpaired) electrons. The quantitative estimate of drug-likeness (QED) is 0.757. The molecule has 0 spiro atoms. The Morgan fingerprint density at radius 3 is 2.39 bits per heavy atom. The molecule has 2 aliphatic carbocycles. The Morgan fingerprint density at radius 1 is 1.14 bits per heavy atom. The van der Waals surface area contributed by atoms with Crippen molar-refractivity contribution in [2.45, 2.75) is 36.5 Å². The van der Waals surface area contributed by atoms with Crippen LogP contribution in [0.1, 0.15) is 22.3 Å². The molecule has 1 amide bonds. The number of nitrogens with one attached hydrogen (secondary N) is 1. The number of amides is 1. The molecular formula is C23H22ClFN2O. The molecule has 28 heavy (non-hydrogen) atoms. The van der Waals surface area contributed by atoms with Crippen LogP contribution in [-0.2, 0) is 24.2 Å². The number of allylic oxidation sites excluding steroid dienone is 3. The van der Waals surface area contributed by atoms with Gasteiger partial charge in [0.05, 0.1) is 0 Å². The lowest BCUT2D eigenvalue weighted by Gasteiger charge is -2.28. The molecule has 0 saturated carbocycles. The predicted octanol–water partition coefficient (Wildman–Crippen LogP) is 3.70. The van der Waals surface area contributed by atoms with Crippen molar-refractivity contribution in [3.63, 3.8) is 0 Å². The molecule has 4 rings (SSSR count). The Bertz CT molecular complexity index is 928. The Kier molecular flexibility index (Phi) is 5.09. The molecule has 0 aromatic heterocycles. The largest absolute Gasteiger partial charge is 0.367 e. The van der Waals surface area contributed by atoms with E-state index in [1.54, 1.807) is 6.08 Å². The number of alkyl halides is 2. The Labute approximate surface area is 169 Å². The van der Waals surface area contributed by atoms with Crippen LogP contribution in [0.3, 0.4) is 0 Å².